The molecule has 2 unspecified atom stereocenters. The van der Waals surface area contributed by atoms with Gasteiger partial charge in [-0.1, -0.05) is 42.5 Å². The molecule has 202 valence electrons. The van der Waals surface area contributed by atoms with Crippen LogP contribution in [0.15, 0.2) is 97.1 Å². The van der Waals surface area contributed by atoms with Crippen LogP contribution in [0, 0.1) is 12.7 Å². The largest absolute Gasteiger partial charge is 0.356 e. The predicted octanol–water partition coefficient (Wildman–Crippen LogP) is 6.35. The summed E-state index contributed by atoms with van der Waals surface area (Å²) in [7, 11) is 0. The number of aryl methyl sites for hydroxylation is 1. The number of benzene rings is 4. The van der Waals surface area contributed by atoms with Crippen LogP contribution in [0.5, 0.6) is 0 Å². The number of carbonyl (C=O) groups excluding carboxylic acids is 3. The summed E-state index contributed by atoms with van der Waals surface area (Å²) in [6.07, 6.45) is 0.404. The fraction of sp³-hybridized carbons (Fsp3) is 0.121. The maximum Gasteiger partial charge on any atom is 0.332 e. The van der Waals surface area contributed by atoms with Crippen LogP contribution in [0.25, 0.3) is 10.9 Å². The lowest BCUT2D eigenvalue weighted by atomic mass is 9.87. The number of urea groups is 1. The molecule has 41 heavy (non-hydrogen) atoms. The topological polar surface area (TPSA) is 85.5 Å². The zero-order chi connectivity index (χ0) is 28.2. The van der Waals surface area contributed by atoms with E-state index in [1.54, 1.807) is 29.2 Å². The summed E-state index contributed by atoms with van der Waals surface area (Å²) < 4.78 is 13.2. The van der Waals surface area contributed by atoms with Gasteiger partial charge in [-0.15, -0.1) is 0 Å². The molecule has 0 bridgehead atoms. The Kier molecular flexibility index (Phi) is 5.71. The molecule has 0 spiro atoms. The quantitative estimate of drug-likeness (QED) is 0.259. The monoisotopic (exact) mass is 544 g/mol. The van der Waals surface area contributed by atoms with Crippen LogP contribution in [0.1, 0.15) is 38.8 Å². The molecule has 4 aromatic carbocycles. The minimum absolute atomic E-state index is 0.298. The van der Waals surface area contributed by atoms with Gasteiger partial charge in [0, 0.05) is 34.3 Å². The number of aromatic nitrogens is 1. The Morgan fingerprint density at radius 1 is 0.902 bits per heavy atom. The lowest BCUT2D eigenvalue weighted by Crippen LogP contribution is -2.44. The van der Waals surface area contributed by atoms with Crippen molar-refractivity contribution in [3.8, 4) is 0 Å². The van der Waals surface area contributed by atoms with Crippen LogP contribution in [0.2, 0.25) is 0 Å². The van der Waals surface area contributed by atoms with Crippen LogP contribution in [0.3, 0.4) is 0 Å². The van der Waals surface area contributed by atoms with Crippen molar-refractivity contribution < 1.29 is 18.8 Å². The van der Waals surface area contributed by atoms with Gasteiger partial charge < -0.3 is 10.3 Å². The molecule has 5 aromatic rings. The van der Waals surface area contributed by atoms with Gasteiger partial charge >= 0.3 is 6.03 Å². The van der Waals surface area contributed by atoms with E-state index in [1.807, 2.05) is 55.5 Å². The first-order chi connectivity index (χ1) is 19.9. The third-order valence-corrected chi connectivity index (χ3v) is 8.02. The van der Waals surface area contributed by atoms with Gasteiger partial charge in [0.2, 0.25) is 0 Å². The number of para-hydroxylation sites is 1. The molecule has 2 aliphatic rings. The van der Waals surface area contributed by atoms with E-state index >= 15 is 0 Å². The van der Waals surface area contributed by atoms with E-state index < -0.39 is 23.9 Å². The molecule has 8 heteroatoms. The molecule has 7 nitrogen and oxygen atoms in total. The number of H-pyrrole nitrogens is 1. The first-order valence-corrected chi connectivity index (χ1v) is 13.4. The van der Waals surface area contributed by atoms with Gasteiger partial charge in [-0.25, -0.2) is 14.1 Å². The molecule has 4 amide bonds. The fourth-order valence-corrected chi connectivity index (χ4v) is 6.03. The number of hydrogen-bond acceptors (Lipinski definition) is 3. The molecule has 3 heterocycles. The third kappa shape index (κ3) is 3.98. The summed E-state index contributed by atoms with van der Waals surface area (Å²) in [5.41, 5.74) is 6.12. The van der Waals surface area contributed by atoms with Crippen LogP contribution in [-0.2, 0) is 11.2 Å². The SMILES string of the molecule is Cc1ccccc1C1c2[nH]c3ccccc3c2CC2C(=O)N(c3ccc(C(=O)Nc4ccc(F)cc4)cc3)C(=O)N21. The predicted molar refractivity (Wildman–Crippen MR) is 154 cm³/mol. The van der Waals surface area contributed by atoms with Gasteiger partial charge in [0.1, 0.15) is 17.9 Å². The molecule has 0 aliphatic carbocycles. The standard InChI is InChI=1S/C33H25FN4O3/c1-19-6-2-3-7-24(19)30-29-26(25-8-4-5-9-27(25)36-29)18-28-32(40)37(33(41)38(28)30)23-16-10-20(11-17-23)31(39)35-22-14-12-21(34)13-15-22/h2-17,28,30,36H,18H2,1H3,(H,35,39). The van der Waals surface area contributed by atoms with Gasteiger partial charge in [-0.05, 0) is 78.2 Å². The number of nitrogens with zero attached hydrogens (tertiary/aromatic N) is 2. The highest BCUT2D eigenvalue weighted by Gasteiger charge is 2.53. The van der Waals surface area contributed by atoms with Crippen LogP contribution >= 0.6 is 0 Å². The number of fused-ring (bicyclic) bond motifs is 4. The van der Waals surface area contributed by atoms with Crippen molar-refractivity contribution in [2.24, 2.45) is 0 Å². The van der Waals surface area contributed by atoms with Crippen molar-refractivity contribution in [1.29, 1.82) is 0 Å². The van der Waals surface area contributed by atoms with E-state index in [0.29, 0.717) is 23.4 Å². The lowest BCUT2D eigenvalue weighted by molar-refractivity contribution is -0.120. The van der Waals surface area contributed by atoms with Gasteiger partial charge in [0.15, 0.2) is 0 Å². The number of anilines is 2. The van der Waals surface area contributed by atoms with Crippen molar-refractivity contribution in [3.63, 3.8) is 0 Å². The summed E-state index contributed by atoms with van der Waals surface area (Å²) in [5.74, 6) is -1.08. The zero-order valence-corrected chi connectivity index (χ0v) is 22.1. The number of imide groups is 1. The number of nitrogens with one attached hydrogen (secondary N) is 2. The number of rotatable bonds is 4. The molecule has 7 rings (SSSR count). The molecule has 1 saturated heterocycles. The molecule has 0 radical (unpaired) electrons. The molecule has 2 aliphatic heterocycles. The number of aromatic amines is 1. The summed E-state index contributed by atoms with van der Waals surface area (Å²) in [6, 6.07) is 26.2. The number of halogens is 1. The maximum atomic E-state index is 14.1. The Labute approximate surface area is 235 Å². The Morgan fingerprint density at radius 2 is 1.61 bits per heavy atom. The molecule has 0 saturated carbocycles. The van der Waals surface area contributed by atoms with E-state index in [-0.39, 0.29) is 11.8 Å². The molecule has 1 aromatic heterocycles. The van der Waals surface area contributed by atoms with Gasteiger partial charge in [0.05, 0.1) is 5.69 Å². The average molecular weight is 545 g/mol. The van der Waals surface area contributed by atoms with Crippen molar-refractivity contribution in [1.82, 2.24) is 9.88 Å². The first kappa shape index (κ1) is 24.8. The summed E-state index contributed by atoms with van der Waals surface area (Å²) in [6.45, 7) is 2.01. The second-order valence-corrected chi connectivity index (χ2v) is 10.4. The normalized spacial score (nSPS) is 18.0. The van der Waals surface area contributed by atoms with Crippen LogP contribution < -0.4 is 10.2 Å². The van der Waals surface area contributed by atoms with E-state index in [0.717, 1.165) is 33.3 Å². The van der Waals surface area contributed by atoms with Gasteiger partial charge in [0.25, 0.3) is 11.8 Å². The molecular formula is C33H25FN4O3. The van der Waals surface area contributed by atoms with Gasteiger partial charge in [-0.2, -0.15) is 0 Å². The summed E-state index contributed by atoms with van der Waals surface area (Å²) in [5, 5.41) is 3.77. The highest BCUT2D eigenvalue weighted by molar-refractivity contribution is 6.22. The smallest absolute Gasteiger partial charge is 0.332 e. The van der Waals surface area contributed by atoms with Gasteiger partial charge in [-0.3, -0.25) is 14.5 Å². The highest BCUT2D eigenvalue weighted by atomic mass is 19.1. The van der Waals surface area contributed by atoms with Crippen LogP contribution in [-0.4, -0.2) is 33.8 Å². The molecule has 2 atom stereocenters. The first-order valence-electron chi connectivity index (χ1n) is 13.4. The number of amides is 4. The molecule has 2 N–H and O–H groups in total. The Bertz CT molecular complexity index is 1850. The Balaban J connectivity index is 1.24. The van der Waals surface area contributed by atoms with Crippen molar-refractivity contribution in [3.05, 3.63) is 131 Å². The zero-order valence-electron chi connectivity index (χ0n) is 22.1. The van der Waals surface area contributed by atoms with E-state index in [1.165, 1.54) is 29.2 Å². The molecule has 1 fully saturated rings. The Hall–Kier alpha value is -5.24. The average Bonchev–Trinajstić information content (AvgIpc) is 3.48. The second kappa shape index (κ2) is 9.45. The summed E-state index contributed by atoms with van der Waals surface area (Å²) in [4.78, 5) is 47.2. The fourth-order valence-electron chi connectivity index (χ4n) is 6.03. The minimum atomic E-state index is -0.666. The minimum Gasteiger partial charge on any atom is -0.356 e. The third-order valence-electron chi connectivity index (χ3n) is 8.02. The highest BCUT2D eigenvalue weighted by Crippen LogP contribution is 2.45. The lowest BCUT2D eigenvalue weighted by Gasteiger charge is -2.36. The molecular weight excluding hydrogens is 519 g/mol. The van der Waals surface area contributed by atoms with Crippen molar-refractivity contribution in [2.75, 3.05) is 10.2 Å². The van der Waals surface area contributed by atoms with Crippen LogP contribution in [0.4, 0.5) is 20.6 Å². The van der Waals surface area contributed by atoms with Crippen molar-refractivity contribution >= 4 is 40.1 Å². The van der Waals surface area contributed by atoms with Crippen molar-refractivity contribution in [2.45, 2.75) is 25.4 Å². The van der Waals surface area contributed by atoms with E-state index in [9.17, 15) is 18.8 Å². The number of hydrogen-bond donors (Lipinski definition) is 2. The summed E-state index contributed by atoms with van der Waals surface area (Å²) >= 11 is 0. The van der Waals surface area contributed by atoms with E-state index in [4.69, 9.17) is 0 Å². The van der Waals surface area contributed by atoms with E-state index in [2.05, 4.69) is 10.3 Å². The second-order valence-electron chi connectivity index (χ2n) is 10.4. The maximum absolute atomic E-state index is 14.1. The Morgan fingerprint density at radius 3 is 2.37 bits per heavy atom. The number of carbonyl (C=O) groups is 3.